The van der Waals surface area contributed by atoms with Gasteiger partial charge in [0.05, 0.1) is 19.3 Å². The van der Waals surface area contributed by atoms with E-state index in [2.05, 4.69) is 98.8 Å². The third-order valence-corrected chi connectivity index (χ3v) is 15.2. The zero-order chi connectivity index (χ0) is 30.7. The van der Waals surface area contributed by atoms with Gasteiger partial charge in [-0.15, -0.1) is 0 Å². The smallest absolute Gasteiger partial charge is 0.192 e. The predicted molar refractivity (Wildman–Crippen MR) is 177 cm³/mol. The molecule has 2 heterocycles. The maximum Gasteiger partial charge on any atom is 0.192 e. The lowest BCUT2D eigenvalue weighted by molar-refractivity contribution is 0.0296. The van der Waals surface area contributed by atoms with Crippen molar-refractivity contribution in [2.24, 2.45) is 5.41 Å². The predicted octanol–water partition coefficient (Wildman–Crippen LogP) is 9.57. The zero-order valence-corrected chi connectivity index (χ0v) is 29.0. The molecule has 42 heavy (non-hydrogen) atoms. The number of aromatic nitrogens is 1. The highest BCUT2D eigenvalue weighted by molar-refractivity contribution is 6.74. The largest absolute Gasteiger partial charge is 0.410 e. The molecule has 2 aromatic rings. The monoisotopic (exact) mass is 589 g/mol. The van der Waals surface area contributed by atoms with Crippen molar-refractivity contribution in [3.05, 3.63) is 69.5 Å². The number of aliphatic hydroxyl groups excluding tert-OH is 1. The van der Waals surface area contributed by atoms with Gasteiger partial charge in [0.1, 0.15) is 6.10 Å². The zero-order valence-electron chi connectivity index (χ0n) is 28.0. The number of ether oxygens (including phenoxy) is 1. The number of nitrogens with zero attached hydrogens (tertiary/aromatic N) is 1. The summed E-state index contributed by atoms with van der Waals surface area (Å²) in [5.41, 5.74) is 9.54. The summed E-state index contributed by atoms with van der Waals surface area (Å²) in [5.74, 6) is 0.187. The van der Waals surface area contributed by atoms with E-state index in [1.165, 1.54) is 47.2 Å². The van der Waals surface area contributed by atoms with E-state index >= 15 is 0 Å². The van der Waals surface area contributed by atoms with Crippen LogP contribution in [0.25, 0.3) is 5.57 Å². The highest BCUT2D eigenvalue weighted by atomic mass is 28.4. The fourth-order valence-electron chi connectivity index (χ4n) is 6.93. The third kappa shape index (κ3) is 5.96. The highest BCUT2D eigenvalue weighted by Gasteiger charge is 2.49. The molecular weight excluding hydrogens is 534 g/mol. The molecule has 1 N–H and O–H groups in total. The summed E-state index contributed by atoms with van der Waals surface area (Å²) in [7, 11) is -2.09. The summed E-state index contributed by atoms with van der Waals surface area (Å²) >= 11 is 0. The van der Waals surface area contributed by atoms with E-state index in [0.29, 0.717) is 18.6 Å². The molecule has 1 aromatic heterocycles. The lowest BCUT2D eigenvalue weighted by Crippen LogP contribution is -2.46. The average molecular weight is 590 g/mol. The molecule has 0 amide bonds. The fraction of sp³-hybridized carbons (Fsp3) is 0.649. The molecule has 0 bridgehead atoms. The van der Waals surface area contributed by atoms with E-state index in [4.69, 9.17) is 14.1 Å². The second-order valence-corrected chi connectivity index (χ2v) is 21.0. The molecule has 5 rings (SSSR count). The van der Waals surface area contributed by atoms with Gasteiger partial charge in [-0.05, 0) is 89.2 Å². The van der Waals surface area contributed by atoms with E-state index < -0.39 is 14.4 Å². The molecule has 1 unspecified atom stereocenters. The Morgan fingerprint density at radius 1 is 1.05 bits per heavy atom. The number of pyridine rings is 1. The van der Waals surface area contributed by atoms with Crippen LogP contribution >= 0.6 is 0 Å². The minimum Gasteiger partial charge on any atom is -0.410 e. The van der Waals surface area contributed by atoms with Gasteiger partial charge < -0.3 is 14.3 Å². The number of aliphatic hydroxyl groups is 1. The van der Waals surface area contributed by atoms with Crippen LogP contribution in [-0.4, -0.2) is 31.6 Å². The SMILES string of the molecule is CC(C)c1nc2c(c(C3=CCOCC3)c1C(O)c1ccc(C(C)(C)C)cc1)[C@H](O[Si](C)(C)C(C)(C)C)CC1(CCC1)C2. The van der Waals surface area contributed by atoms with E-state index in [0.717, 1.165) is 36.1 Å². The third-order valence-electron chi connectivity index (χ3n) is 10.7. The molecule has 1 fully saturated rings. The number of hydrogen-bond donors (Lipinski definition) is 1. The first-order chi connectivity index (χ1) is 19.5. The van der Waals surface area contributed by atoms with Crippen LogP contribution in [0.3, 0.4) is 0 Å². The minimum absolute atomic E-state index is 0.00313. The first kappa shape index (κ1) is 31.6. The van der Waals surface area contributed by atoms with Crippen LogP contribution in [0.5, 0.6) is 0 Å². The Kier molecular flexibility index (Phi) is 8.50. The quantitative estimate of drug-likeness (QED) is 0.341. The van der Waals surface area contributed by atoms with Crippen molar-refractivity contribution in [1.82, 2.24) is 4.98 Å². The number of hydrogen-bond acceptors (Lipinski definition) is 4. The van der Waals surface area contributed by atoms with Crippen LogP contribution in [0.15, 0.2) is 30.3 Å². The topological polar surface area (TPSA) is 51.6 Å². The Hall–Kier alpha value is -1.79. The van der Waals surface area contributed by atoms with Gasteiger partial charge in [-0.1, -0.05) is 92.2 Å². The van der Waals surface area contributed by atoms with Gasteiger partial charge >= 0.3 is 0 Å². The van der Waals surface area contributed by atoms with Crippen molar-refractivity contribution in [1.29, 1.82) is 0 Å². The summed E-state index contributed by atoms with van der Waals surface area (Å²) in [6.07, 6.45) is 8.23. The van der Waals surface area contributed by atoms with Crippen molar-refractivity contribution >= 4 is 13.9 Å². The normalized spacial score (nSPS) is 21.6. The van der Waals surface area contributed by atoms with E-state index in [9.17, 15) is 5.11 Å². The first-order valence-electron chi connectivity index (χ1n) is 16.3. The Labute approximate surface area is 256 Å². The summed E-state index contributed by atoms with van der Waals surface area (Å²) in [6.45, 7) is 24.2. The Balaban J connectivity index is 1.75. The molecule has 1 saturated carbocycles. The van der Waals surface area contributed by atoms with Gasteiger partial charge in [0.15, 0.2) is 8.32 Å². The van der Waals surface area contributed by atoms with Crippen LogP contribution in [0, 0.1) is 5.41 Å². The van der Waals surface area contributed by atoms with Crippen LogP contribution < -0.4 is 0 Å². The minimum atomic E-state index is -2.09. The van der Waals surface area contributed by atoms with E-state index in [-0.39, 0.29) is 22.5 Å². The molecule has 2 atom stereocenters. The van der Waals surface area contributed by atoms with Crippen LogP contribution in [-0.2, 0) is 21.0 Å². The van der Waals surface area contributed by atoms with Crippen molar-refractivity contribution in [3.63, 3.8) is 0 Å². The Morgan fingerprint density at radius 3 is 2.21 bits per heavy atom. The summed E-state index contributed by atoms with van der Waals surface area (Å²) in [6, 6.07) is 8.58. The van der Waals surface area contributed by atoms with Crippen molar-refractivity contribution in [2.75, 3.05) is 13.2 Å². The number of fused-ring (bicyclic) bond motifs is 1. The summed E-state index contributed by atoms with van der Waals surface area (Å²) < 4.78 is 13.2. The molecule has 1 aromatic carbocycles. The molecule has 230 valence electrons. The standard InChI is InChI=1S/C37H55NO3Si/c1-24(2)33-32(34(39)26-12-14-27(15-13-26)35(3,4)5)30(25-16-20-40-21-17-25)31-28(38-33)22-37(18-11-19-37)23-29(31)41-42(9,10)36(6,7)8/h12-16,24,29,34,39H,11,17-23H2,1-10H3/t29-,34?/m1/s1. The number of benzene rings is 1. The van der Waals surface area contributed by atoms with E-state index in [1.54, 1.807) is 0 Å². The van der Waals surface area contributed by atoms with Crippen molar-refractivity contribution in [3.8, 4) is 0 Å². The first-order valence-corrected chi connectivity index (χ1v) is 19.2. The second kappa shape index (κ2) is 11.3. The maximum absolute atomic E-state index is 12.3. The molecule has 4 nitrogen and oxygen atoms in total. The van der Waals surface area contributed by atoms with Gasteiger partial charge in [0, 0.05) is 22.5 Å². The lowest BCUT2D eigenvalue weighted by Gasteiger charge is -2.51. The van der Waals surface area contributed by atoms with Gasteiger partial charge in [-0.3, -0.25) is 4.98 Å². The molecule has 5 heteroatoms. The van der Waals surface area contributed by atoms with Crippen molar-refractivity contribution in [2.45, 2.75) is 136 Å². The fourth-order valence-corrected chi connectivity index (χ4v) is 8.19. The molecule has 1 spiro atoms. The highest BCUT2D eigenvalue weighted by Crippen LogP contribution is 2.57. The lowest BCUT2D eigenvalue weighted by atomic mass is 9.59. The van der Waals surface area contributed by atoms with Crippen LogP contribution in [0.2, 0.25) is 18.1 Å². The van der Waals surface area contributed by atoms with Gasteiger partial charge in [0.25, 0.3) is 0 Å². The molecule has 0 radical (unpaired) electrons. The van der Waals surface area contributed by atoms with Gasteiger partial charge in [-0.2, -0.15) is 0 Å². The van der Waals surface area contributed by atoms with Gasteiger partial charge in [0.2, 0.25) is 0 Å². The van der Waals surface area contributed by atoms with E-state index in [1.807, 2.05) is 0 Å². The summed E-state index contributed by atoms with van der Waals surface area (Å²) in [4.78, 5) is 5.51. The maximum atomic E-state index is 12.3. The molecule has 3 aliphatic rings. The Bertz CT molecular complexity index is 1320. The molecular formula is C37H55NO3Si. The average Bonchev–Trinajstić information content (AvgIpc) is 2.89. The van der Waals surface area contributed by atoms with Crippen LogP contribution in [0.4, 0.5) is 0 Å². The summed E-state index contributed by atoms with van der Waals surface area (Å²) in [5, 5.41) is 12.4. The van der Waals surface area contributed by atoms with Crippen LogP contribution in [0.1, 0.15) is 145 Å². The van der Waals surface area contributed by atoms with Crippen molar-refractivity contribution < 1.29 is 14.3 Å². The molecule has 0 saturated heterocycles. The second-order valence-electron chi connectivity index (χ2n) is 16.2. The molecule has 2 aliphatic carbocycles. The van der Waals surface area contributed by atoms with Gasteiger partial charge in [-0.25, -0.2) is 0 Å². The molecule has 1 aliphatic heterocycles. The number of rotatable bonds is 6. The Morgan fingerprint density at radius 2 is 1.71 bits per heavy atom.